The number of rotatable bonds is 5. The first-order valence-corrected chi connectivity index (χ1v) is 8.52. The van der Waals surface area contributed by atoms with Crippen LogP contribution in [-0.2, 0) is 13.2 Å². The lowest BCUT2D eigenvalue weighted by Crippen LogP contribution is -2.27. The van der Waals surface area contributed by atoms with Gasteiger partial charge in [-0.1, -0.05) is 42.5 Å². The number of pyridine rings is 1. The number of anilines is 1. The van der Waals surface area contributed by atoms with Gasteiger partial charge in [0.05, 0.1) is 17.9 Å². The Morgan fingerprint density at radius 1 is 1.04 bits per heavy atom. The maximum atomic E-state index is 6.13. The summed E-state index contributed by atoms with van der Waals surface area (Å²) in [7, 11) is 0. The van der Waals surface area contributed by atoms with Crippen molar-refractivity contribution in [2.24, 2.45) is 5.73 Å². The lowest BCUT2D eigenvalue weighted by molar-refractivity contribution is 0.303. The Labute approximate surface area is 147 Å². The Morgan fingerprint density at radius 2 is 1.92 bits per heavy atom. The smallest absolute Gasteiger partial charge is 0.125 e. The first-order chi connectivity index (χ1) is 12.4. The molecule has 1 aromatic heterocycles. The molecule has 2 heterocycles. The molecule has 126 valence electrons. The van der Waals surface area contributed by atoms with Crippen LogP contribution < -0.4 is 15.4 Å². The highest BCUT2D eigenvalue weighted by Gasteiger charge is 2.31. The number of nitrogens with two attached hydrogens (primary N) is 1. The summed E-state index contributed by atoms with van der Waals surface area (Å²) in [5, 5.41) is 0. The molecule has 4 nitrogen and oxygen atoms in total. The maximum Gasteiger partial charge on any atom is 0.125 e. The third kappa shape index (κ3) is 3.08. The van der Waals surface area contributed by atoms with Gasteiger partial charge in [0, 0.05) is 24.8 Å². The highest BCUT2D eigenvalue weighted by Crippen LogP contribution is 2.40. The fraction of sp³-hybridized carbons (Fsp3) is 0.190. The average Bonchev–Trinajstić information content (AvgIpc) is 3.07. The maximum absolute atomic E-state index is 6.13. The van der Waals surface area contributed by atoms with E-state index in [1.807, 2.05) is 36.5 Å². The second kappa shape index (κ2) is 6.95. The largest absolute Gasteiger partial charge is 0.489 e. The van der Waals surface area contributed by atoms with E-state index >= 15 is 0 Å². The first-order valence-electron chi connectivity index (χ1n) is 8.52. The van der Waals surface area contributed by atoms with Crippen LogP contribution in [0, 0.1) is 0 Å². The standard InChI is InChI=1S/C21H21N3O/c22-12-20-18-9-4-10-21(25-15-16-6-2-1-3-7-16)19(18)14-24(20)17-8-5-11-23-13-17/h1-11,13,20H,12,14-15,22H2. The van der Waals surface area contributed by atoms with Gasteiger partial charge in [-0.15, -0.1) is 0 Å². The van der Waals surface area contributed by atoms with E-state index in [4.69, 9.17) is 10.5 Å². The number of ether oxygens (including phenoxy) is 1. The summed E-state index contributed by atoms with van der Waals surface area (Å²) >= 11 is 0. The molecular weight excluding hydrogens is 310 g/mol. The van der Waals surface area contributed by atoms with Crippen LogP contribution in [0.2, 0.25) is 0 Å². The minimum absolute atomic E-state index is 0.152. The number of aromatic nitrogens is 1. The van der Waals surface area contributed by atoms with Crippen molar-refractivity contribution in [2.45, 2.75) is 19.2 Å². The Balaban J connectivity index is 1.61. The van der Waals surface area contributed by atoms with Gasteiger partial charge in [0.1, 0.15) is 12.4 Å². The molecule has 2 aromatic carbocycles. The van der Waals surface area contributed by atoms with Crippen LogP contribution >= 0.6 is 0 Å². The Morgan fingerprint density at radius 3 is 2.68 bits per heavy atom. The highest BCUT2D eigenvalue weighted by molar-refractivity contribution is 5.57. The van der Waals surface area contributed by atoms with Crippen LogP contribution in [0.5, 0.6) is 5.75 Å². The van der Waals surface area contributed by atoms with Crippen molar-refractivity contribution in [3.05, 3.63) is 89.7 Å². The molecule has 0 bridgehead atoms. The summed E-state index contributed by atoms with van der Waals surface area (Å²) in [5.41, 5.74) is 10.8. The van der Waals surface area contributed by atoms with E-state index in [0.29, 0.717) is 13.2 Å². The van der Waals surface area contributed by atoms with Crippen molar-refractivity contribution in [1.29, 1.82) is 0 Å². The molecule has 0 amide bonds. The summed E-state index contributed by atoms with van der Waals surface area (Å²) in [6.07, 6.45) is 3.68. The fourth-order valence-electron chi connectivity index (χ4n) is 3.43. The van der Waals surface area contributed by atoms with Crippen molar-refractivity contribution < 1.29 is 4.74 Å². The Kier molecular flexibility index (Phi) is 4.36. The van der Waals surface area contributed by atoms with Crippen LogP contribution in [0.1, 0.15) is 22.7 Å². The van der Waals surface area contributed by atoms with Gasteiger partial charge in [-0.3, -0.25) is 4.98 Å². The topological polar surface area (TPSA) is 51.4 Å². The molecule has 2 N–H and O–H groups in total. The predicted octanol–water partition coefficient (Wildman–Crippen LogP) is 3.68. The van der Waals surface area contributed by atoms with Crippen LogP contribution in [-0.4, -0.2) is 11.5 Å². The SMILES string of the molecule is NCC1c2cccc(OCc3ccccc3)c2CN1c1cccnc1. The molecule has 0 spiro atoms. The highest BCUT2D eigenvalue weighted by atomic mass is 16.5. The van der Waals surface area contributed by atoms with Crippen molar-refractivity contribution in [3.63, 3.8) is 0 Å². The minimum Gasteiger partial charge on any atom is -0.489 e. The molecule has 0 fully saturated rings. The van der Waals surface area contributed by atoms with Crippen LogP contribution in [0.15, 0.2) is 73.1 Å². The number of hydrogen-bond donors (Lipinski definition) is 1. The van der Waals surface area contributed by atoms with Crippen LogP contribution in [0.25, 0.3) is 0 Å². The van der Waals surface area contributed by atoms with Gasteiger partial charge in [-0.05, 0) is 29.3 Å². The van der Waals surface area contributed by atoms with Gasteiger partial charge in [0.2, 0.25) is 0 Å². The monoisotopic (exact) mass is 331 g/mol. The van der Waals surface area contributed by atoms with Gasteiger partial charge >= 0.3 is 0 Å². The van der Waals surface area contributed by atoms with Crippen molar-refractivity contribution in [1.82, 2.24) is 4.98 Å². The average molecular weight is 331 g/mol. The number of fused-ring (bicyclic) bond motifs is 1. The molecule has 3 aromatic rings. The molecule has 0 aliphatic carbocycles. The van der Waals surface area contributed by atoms with E-state index in [1.165, 1.54) is 11.1 Å². The van der Waals surface area contributed by atoms with Gasteiger partial charge < -0.3 is 15.4 Å². The van der Waals surface area contributed by atoms with Gasteiger partial charge in [0.25, 0.3) is 0 Å². The van der Waals surface area contributed by atoms with E-state index in [9.17, 15) is 0 Å². The molecule has 0 saturated carbocycles. The van der Waals surface area contributed by atoms with Crippen molar-refractivity contribution in [3.8, 4) is 5.75 Å². The van der Waals surface area contributed by atoms with E-state index in [2.05, 4.69) is 40.2 Å². The lowest BCUT2D eigenvalue weighted by atomic mass is 10.0. The van der Waals surface area contributed by atoms with E-state index in [0.717, 1.165) is 23.5 Å². The third-order valence-corrected chi connectivity index (χ3v) is 4.67. The molecule has 1 unspecified atom stereocenters. The summed E-state index contributed by atoms with van der Waals surface area (Å²) in [6.45, 7) is 1.91. The van der Waals surface area contributed by atoms with Crippen molar-refractivity contribution in [2.75, 3.05) is 11.4 Å². The minimum atomic E-state index is 0.152. The summed E-state index contributed by atoms with van der Waals surface area (Å²) in [4.78, 5) is 6.54. The van der Waals surface area contributed by atoms with Crippen LogP contribution in [0.3, 0.4) is 0 Å². The Bertz CT molecular complexity index is 836. The van der Waals surface area contributed by atoms with E-state index in [1.54, 1.807) is 6.20 Å². The molecule has 1 aliphatic heterocycles. The molecule has 0 radical (unpaired) electrons. The summed E-state index contributed by atoms with van der Waals surface area (Å²) in [6, 6.07) is 20.7. The third-order valence-electron chi connectivity index (χ3n) is 4.67. The zero-order valence-electron chi connectivity index (χ0n) is 14.0. The summed E-state index contributed by atoms with van der Waals surface area (Å²) in [5.74, 6) is 0.936. The quantitative estimate of drug-likeness (QED) is 0.775. The van der Waals surface area contributed by atoms with E-state index < -0.39 is 0 Å². The zero-order chi connectivity index (χ0) is 17.1. The molecule has 4 heteroatoms. The number of nitrogens with zero attached hydrogens (tertiary/aromatic N) is 2. The fourth-order valence-corrected chi connectivity index (χ4v) is 3.43. The molecular formula is C21H21N3O. The number of hydrogen-bond acceptors (Lipinski definition) is 4. The normalized spacial score (nSPS) is 15.9. The van der Waals surface area contributed by atoms with Crippen LogP contribution in [0.4, 0.5) is 5.69 Å². The summed E-state index contributed by atoms with van der Waals surface area (Å²) < 4.78 is 6.13. The molecule has 4 rings (SSSR count). The molecule has 25 heavy (non-hydrogen) atoms. The lowest BCUT2D eigenvalue weighted by Gasteiger charge is -2.25. The second-order valence-corrected chi connectivity index (χ2v) is 6.19. The zero-order valence-corrected chi connectivity index (χ0v) is 14.0. The Hall–Kier alpha value is -2.85. The second-order valence-electron chi connectivity index (χ2n) is 6.19. The first kappa shape index (κ1) is 15.7. The molecule has 1 atom stereocenters. The van der Waals surface area contributed by atoms with Gasteiger partial charge in [0.15, 0.2) is 0 Å². The predicted molar refractivity (Wildman–Crippen MR) is 99.4 cm³/mol. The molecule has 1 aliphatic rings. The van der Waals surface area contributed by atoms with Gasteiger partial charge in [-0.25, -0.2) is 0 Å². The number of benzene rings is 2. The van der Waals surface area contributed by atoms with Crippen molar-refractivity contribution >= 4 is 5.69 Å². The molecule has 0 saturated heterocycles. The van der Waals surface area contributed by atoms with E-state index in [-0.39, 0.29) is 6.04 Å². The van der Waals surface area contributed by atoms with Gasteiger partial charge in [-0.2, -0.15) is 0 Å².